The Morgan fingerprint density at radius 3 is 2.94 bits per heavy atom. The first-order valence-electron chi connectivity index (χ1n) is 4.89. The van der Waals surface area contributed by atoms with Crippen molar-refractivity contribution in [3.63, 3.8) is 0 Å². The van der Waals surface area contributed by atoms with Gasteiger partial charge in [-0.3, -0.25) is 0 Å². The predicted molar refractivity (Wildman–Crippen MR) is 64.9 cm³/mol. The SMILES string of the molecule is Fc1cc(Nc2ccc3ncsc3c2)ncn1. The molecule has 2 aromatic heterocycles. The van der Waals surface area contributed by atoms with Gasteiger partial charge in [-0.15, -0.1) is 11.3 Å². The molecule has 0 radical (unpaired) electrons. The van der Waals surface area contributed by atoms with E-state index < -0.39 is 5.95 Å². The normalized spacial score (nSPS) is 10.6. The Bertz CT molecular complexity index is 667. The molecular weight excluding hydrogens is 239 g/mol. The van der Waals surface area contributed by atoms with Crippen LogP contribution in [0, 0.1) is 5.95 Å². The molecule has 0 spiro atoms. The number of nitrogens with zero attached hydrogens (tertiary/aromatic N) is 3. The highest BCUT2D eigenvalue weighted by molar-refractivity contribution is 7.16. The van der Waals surface area contributed by atoms with Gasteiger partial charge >= 0.3 is 0 Å². The van der Waals surface area contributed by atoms with Crippen molar-refractivity contribution < 1.29 is 4.39 Å². The number of hydrogen-bond acceptors (Lipinski definition) is 5. The smallest absolute Gasteiger partial charge is 0.218 e. The van der Waals surface area contributed by atoms with Crippen molar-refractivity contribution in [3.05, 3.63) is 42.1 Å². The van der Waals surface area contributed by atoms with Crippen LogP contribution in [0.2, 0.25) is 0 Å². The molecule has 0 fully saturated rings. The van der Waals surface area contributed by atoms with E-state index in [1.165, 1.54) is 12.4 Å². The van der Waals surface area contributed by atoms with Crippen LogP contribution in [-0.4, -0.2) is 15.0 Å². The van der Waals surface area contributed by atoms with Crippen molar-refractivity contribution in [2.75, 3.05) is 5.32 Å². The second kappa shape index (κ2) is 4.06. The van der Waals surface area contributed by atoms with Gasteiger partial charge in [-0.05, 0) is 18.2 Å². The molecule has 0 saturated carbocycles. The molecule has 0 aliphatic heterocycles. The van der Waals surface area contributed by atoms with Crippen LogP contribution in [0.3, 0.4) is 0 Å². The van der Waals surface area contributed by atoms with E-state index in [2.05, 4.69) is 20.3 Å². The molecule has 4 nitrogen and oxygen atoms in total. The zero-order chi connectivity index (χ0) is 11.7. The second-order valence-electron chi connectivity index (χ2n) is 3.39. The summed E-state index contributed by atoms with van der Waals surface area (Å²) in [7, 11) is 0. The Labute approximate surface area is 100 Å². The molecule has 0 aliphatic rings. The fourth-order valence-electron chi connectivity index (χ4n) is 1.48. The molecule has 6 heteroatoms. The maximum Gasteiger partial charge on any atom is 0.218 e. The summed E-state index contributed by atoms with van der Waals surface area (Å²) in [6.45, 7) is 0. The first kappa shape index (κ1) is 10.1. The van der Waals surface area contributed by atoms with Gasteiger partial charge in [0.05, 0.1) is 15.7 Å². The molecule has 2 heterocycles. The lowest BCUT2D eigenvalue weighted by Gasteiger charge is -2.04. The van der Waals surface area contributed by atoms with Crippen molar-refractivity contribution in [3.8, 4) is 0 Å². The molecule has 3 aromatic rings. The van der Waals surface area contributed by atoms with Gasteiger partial charge in [0.25, 0.3) is 0 Å². The molecule has 0 unspecified atom stereocenters. The molecule has 0 saturated heterocycles. The van der Waals surface area contributed by atoms with Crippen molar-refractivity contribution in [2.45, 2.75) is 0 Å². The van der Waals surface area contributed by atoms with Crippen LogP contribution in [0.4, 0.5) is 15.9 Å². The van der Waals surface area contributed by atoms with E-state index in [0.717, 1.165) is 15.9 Å². The Morgan fingerprint density at radius 1 is 1.12 bits per heavy atom. The van der Waals surface area contributed by atoms with Gasteiger partial charge in [0.15, 0.2) is 0 Å². The zero-order valence-corrected chi connectivity index (χ0v) is 9.41. The number of rotatable bonds is 2. The first-order chi connectivity index (χ1) is 8.31. The van der Waals surface area contributed by atoms with Crippen LogP contribution in [0.1, 0.15) is 0 Å². The van der Waals surface area contributed by atoms with Gasteiger partial charge in [-0.1, -0.05) is 0 Å². The number of anilines is 2. The van der Waals surface area contributed by atoms with E-state index >= 15 is 0 Å². The summed E-state index contributed by atoms with van der Waals surface area (Å²) in [5.41, 5.74) is 3.59. The van der Waals surface area contributed by atoms with Gasteiger partial charge in [-0.2, -0.15) is 4.39 Å². The van der Waals surface area contributed by atoms with E-state index in [1.807, 2.05) is 18.2 Å². The quantitative estimate of drug-likeness (QED) is 0.706. The van der Waals surface area contributed by atoms with Crippen LogP contribution >= 0.6 is 11.3 Å². The molecular formula is C11H7FN4S. The summed E-state index contributed by atoms with van der Waals surface area (Å²) in [6, 6.07) is 6.98. The van der Waals surface area contributed by atoms with Crippen LogP contribution in [0.15, 0.2) is 36.1 Å². The minimum Gasteiger partial charge on any atom is -0.340 e. The van der Waals surface area contributed by atoms with E-state index in [9.17, 15) is 4.39 Å². The minimum atomic E-state index is -0.554. The average Bonchev–Trinajstić information content (AvgIpc) is 2.76. The molecule has 0 amide bonds. The van der Waals surface area contributed by atoms with Crippen LogP contribution < -0.4 is 5.32 Å². The topological polar surface area (TPSA) is 50.7 Å². The summed E-state index contributed by atoms with van der Waals surface area (Å²) < 4.78 is 13.9. The molecule has 0 atom stereocenters. The van der Waals surface area contributed by atoms with Gasteiger partial charge in [-0.25, -0.2) is 15.0 Å². The zero-order valence-electron chi connectivity index (χ0n) is 8.59. The third-order valence-corrected chi connectivity index (χ3v) is 3.03. The molecule has 17 heavy (non-hydrogen) atoms. The Hall–Kier alpha value is -2.08. The van der Waals surface area contributed by atoms with Crippen LogP contribution in [0.5, 0.6) is 0 Å². The largest absolute Gasteiger partial charge is 0.340 e. The summed E-state index contributed by atoms with van der Waals surface area (Å²) in [5, 5.41) is 3.01. The van der Waals surface area contributed by atoms with Crippen molar-refractivity contribution in [1.82, 2.24) is 15.0 Å². The molecule has 84 valence electrons. The van der Waals surface area contributed by atoms with Gasteiger partial charge < -0.3 is 5.32 Å². The number of halogens is 1. The Morgan fingerprint density at radius 2 is 2.06 bits per heavy atom. The van der Waals surface area contributed by atoms with Crippen LogP contribution in [0.25, 0.3) is 10.2 Å². The maximum absolute atomic E-state index is 12.9. The van der Waals surface area contributed by atoms with Gasteiger partial charge in [0, 0.05) is 11.8 Å². The van der Waals surface area contributed by atoms with E-state index in [4.69, 9.17) is 0 Å². The fraction of sp³-hybridized carbons (Fsp3) is 0. The summed E-state index contributed by atoms with van der Waals surface area (Å²) in [6.07, 6.45) is 1.18. The lowest BCUT2D eigenvalue weighted by atomic mass is 10.3. The Kier molecular flexibility index (Phi) is 2.41. The second-order valence-corrected chi connectivity index (χ2v) is 4.27. The number of thiazole rings is 1. The monoisotopic (exact) mass is 246 g/mol. The summed E-state index contributed by atoms with van der Waals surface area (Å²) >= 11 is 1.56. The number of nitrogens with one attached hydrogen (secondary N) is 1. The minimum absolute atomic E-state index is 0.432. The van der Waals surface area contributed by atoms with Crippen molar-refractivity contribution in [1.29, 1.82) is 0 Å². The van der Waals surface area contributed by atoms with Gasteiger partial charge in [0.1, 0.15) is 12.1 Å². The van der Waals surface area contributed by atoms with E-state index in [1.54, 1.807) is 16.8 Å². The fourth-order valence-corrected chi connectivity index (χ4v) is 2.20. The highest BCUT2D eigenvalue weighted by Gasteiger charge is 2.01. The number of aromatic nitrogens is 3. The predicted octanol–water partition coefficient (Wildman–Crippen LogP) is 2.97. The number of fused-ring (bicyclic) bond motifs is 1. The summed E-state index contributed by atoms with van der Waals surface area (Å²) in [4.78, 5) is 11.5. The van der Waals surface area contributed by atoms with E-state index in [0.29, 0.717) is 5.82 Å². The third kappa shape index (κ3) is 2.07. The number of benzene rings is 1. The highest BCUT2D eigenvalue weighted by Crippen LogP contribution is 2.23. The average molecular weight is 246 g/mol. The molecule has 1 N–H and O–H groups in total. The highest BCUT2D eigenvalue weighted by atomic mass is 32.1. The van der Waals surface area contributed by atoms with Crippen molar-refractivity contribution >= 4 is 33.1 Å². The standard InChI is InChI=1S/C11H7FN4S/c12-10-4-11(14-5-13-10)16-7-1-2-8-9(3-7)17-6-15-8/h1-6H,(H,13,14,16). The molecule has 3 rings (SSSR count). The molecule has 0 bridgehead atoms. The summed E-state index contributed by atoms with van der Waals surface area (Å²) in [5.74, 6) is -0.122. The first-order valence-corrected chi connectivity index (χ1v) is 5.77. The molecule has 0 aliphatic carbocycles. The number of hydrogen-bond donors (Lipinski definition) is 1. The maximum atomic E-state index is 12.9. The van der Waals surface area contributed by atoms with E-state index in [-0.39, 0.29) is 0 Å². The van der Waals surface area contributed by atoms with Gasteiger partial charge in [0.2, 0.25) is 5.95 Å². The van der Waals surface area contributed by atoms with Crippen LogP contribution in [-0.2, 0) is 0 Å². The lowest BCUT2D eigenvalue weighted by Crippen LogP contribution is -1.95. The third-order valence-electron chi connectivity index (χ3n) is 2.24. The molecule has 1 aromatic carbocycles. The lowest BCUT2D eigenvalue weighted by molar-refractivity contribution is 0.580. The Balaban J connectivity index is 1.94. The van der Waals surface area contributed by atoms with Crippen molar-refractivity contribution in [2.24, 2.45) is 0 Å².